The van der Waals surface area contributed by atoms with Gasteiger partial charge in [0.2, 0.25) is 0 Å². The maximum absolute atomic E-state index is 10.5. The first-order valence-corrected chi connectivity index (χ1v) is 13.5. The predicted octanol–water partition coefficient (Wildman–Crippen LogP) is 7.90. The van der Waals surface area contributed by atoms with Crippen molar-refractivity contribution in [2.24, 2.45) is 15.8 Å². The van der Waals surface area contributed by atoms with Crippen LogP contribution in [0.3, 0.4) is 0 Å². The Kier molecular flexibility index (Phi) is 5.99. The molecule has 4 aromatic rings. The van der Waals surface area contributed by atoms with Crippen LogP contribution in [-0.2, 0) is 6.54 Å². The van der Waals surface area contributed by atoms with Gasteiger partial charge < -0.3 is 13.9 Å². The third-order valence-electron chi connectivity index (χ3n) is 8.14. The zero-order valence-corrected chi connectivity index (χ0v) is 22.4. The molecule has 2 aromatic heterocycles. The Bertz CT molecular complexity index is 1490. The van der Waals surface area contributed by atoms with E-state index in [0.29, 0.717) is 34.8 Å². The summed E-state index contributed by atoms with van der Waals surface area (Å²) in [5, 5.41) is 10.5. The molecule has 6 rings (SSSR count). The van der Waals surface area contributed by atoms with Crippen molar-refractivity contribution < 1.29 is 4.42 Å². The van der Waals surface area contributed by atoms with Crippen LogP contribution < -0.4 is 0 Å². The lowest BCUT2D eigenvalue weighted by Crippen LogP contribution is -2.34. The zero-order valence-electron chi connectivity index (χ0n) is 22.4. The summed E-state index contributed by atoms with van der Waals surface area (Å²) in [7, 11) is 0. The summed E-state index contributed by atoms with van der Waals surface area (Å²) in [6.07, 6.45) is 7.30. The Morgan fingerprint density at radius 2 is 1.68 bits per heavy atom. The number of rotatable bonds is 6. The molecule has 2 aliphatic rings. The van der Waals surface area contributed by atoms with Gasteiger partial charge in [-0.05, 0) is 53.4 Å². The van der Waals surface area contributed by atoms with Crippen LogP contribution >= 0.6 is 0 Å². The number of nitriles is 1. The van der Waals surface area contributed by atoms with Crippen molar-refractivity contribution in [3.8, 4) is 28.5 Å². The average Bonchev–Trinajstić information content (AvgIpc) is 3.58. The second-order valence-electron chi connectivity index (χ2n) is 12.1. The van der Waals surface area contributed by atoms with E-state index in [9.17, 15) is 5.26 Å². The first-order chi connectivity index (χ1) is 18.4. The smallest absolute Gasteiger partial charge is 0.153 e. The molecule has 0 unspecified atom stereocenters. The maximum Gasteiger partial charge on any atom is 0.153 e. The van der Waals surface area contributed by atoms with Crippen LogP contribution in [0.4, 0.5) is 5.82 Å². The Morgan fingerprint density at radius 1 is 0.974 bits per heavy atom. The van der Waals surface area contributed by atoms with E-state index in [0.717, 1.165) is 41.1 Å². The van der Waals surface area contributed by atoms with Crippen LogP contribution in [0.2, 0.25) is 0 Å². The zero-order chi connectivity index (χ0) is 26.3. The fraction of sp³-hybridized carbons (Fsp3) is 0.333. The quantitative estimate of drug-likeness (QED) is 0.199. The summed E-state index contributed by atoms with van der Waals surface area (Å²) in [5.74, 6) is 1.50. The number of aliphatic imine (C=N–C) groups is 1. The normalized spacial score (nSPS) is 22.2. The van der Waals surface area contributed by atoms with Crippen molar-refractivity contribution in [1.29, 1.82) is 5.26 Å². The minimum absolute atomic E-state index is 0.303. The van der Waals surface area contributed by atoms with E-state index in [1.54, 1.807) is 6.26 Å². The van der Waals surface area contributed by atoms with Gasteiger partial charge in [-0.15, -0.1) is 0 Å². The molecule has 3 heterocycles. The van der Waals surface area contributed by atoms with Gasteiger partial charge in [0.1, 0.15) is 17.4 Å². The maximum atomic E-state index is 10.5. The van der Waals surface area contributed by atoms with E-state index in [1.807, 2.05) is 54.9 Å². The molecular formula is C33H34N4O. The summed E-state index contributed by atoms with van der Waals surface area (Å²) < 4.78 is 7.93. The van der Waals surface area contributed by atoms with E-state index in [2.05, 4.69) is 60.6 Å². The summed E-state index contributed by atoms with van der Waals surface area (Å²) in [6, 6.07) is 27.4. The van der Waals surface area contributed by atoms with Gasteiger partial charge in [-0.2, -0.15) is 5.26 Å². The lowest BCUT2D eigenvalue weighted by Gasteiger charge is -2.39. The molecule has 1 aliphatic heterocycles. The van der Waals surface area contributed by atoms with Crippen molar-refractivity contribution in [3.05, 3.63) is 90.4 Å². The van der Waals surface area contributed by atoms with Gasteiger partial charge in [0.25, 0.3) is 0 Å². The number of hydrogen-bond acceptors (Lipinski definition) is 3. The summed E-state index contributed by atoms with van der Waals surface area (Å²) in [6.45, 7) is 8.68. The topological polar surface area (TPSA) is 57.5 Å². The largest absolute Gasteiger partial charge is 0.467 e. The highest BCUT2D eigenvalue weighted by Crippen LogP contribution is 2.52. The number of aromatic nitrogens is 1. The standard InChI is InChI=1S/C33H34N4O/c1-32(2)17-26-18-33(3,21-32)22-36(26)23-35-31-28(19-34)29(24-11-6-4-7-12-24)30(25-13-8-5-9-14-25)37(31)20-27-15-10-16-38-27/h4-16,23,26H,17-18,20-22H2,1-3H3/t26-,33-/m1/s1. The van der Waals surface area contributed by atoms with Crippen molar-refractivity contribution in [2.45, 2.75) is 52.6 Å². The second kappa shape index (κ2) is 9.36. The average molecular weight is 503 g/mol. The van der Waals surface area contributed by atoms with E-state index in [1.165, 1.54) is 12.8 Å². The van der Waals surface area contributed by atoms with Crippen LogP contribution in [0.25, 0.3) is 22.4 Å². The molecule has 0 N–H and O–H groups in total. The Hall–Kier alpha value is -4.04. The molecule has 0 amide bonds. The highest BCUT2D eigenvalue weighted by Gasteiger charge is 2.49. The molecular weight excluding hydrogens is 468 g/mol. The van der Waals surface area contributed by atoms with Crippen molar-refractivity contribution in [1.82, 2.24) is 9.47 Å². The lowest BCUT2D eigenvalue weighted by molar-refractivity contribution is 0.133. The number of furan rings is 1. The first kappa shape index (κ1) is 24.3. The molecule has 192 valence electrons. The van der Waals surface area contributed by atoms with Gasteiger partial charge in [-0.25, -0.2) is 4.99 Å². The molecule has 1 saturated heterocycles. The Labute approximate surface area is 225 Å². The number of nitrogens with zero attached hydrogens (tertiary/aromatic N) is 4. The van der Waals surface area contributed by atoms with E-state index in [4.69, 9.17) is 9.41 Å². The number of likely N-dealkylation sites (tertiary alicyclic amines) is 1. The molecule has 0 spiro atoms. The molecule has 1 aliphatic carbocycles. The number of benzene rings is 2. The van der Waals surface area contributed by atoms with Crippen molar-refractivity contribution in [3.63, 3.8) is 0 Å². The lowest BCUT2D eigenvalue weighted by atomic mass is 9.65. The molecule has 2 bridgehead atoms. The van der Waals surface area contributed by atoms with Crippen LogP contribution in [-0.4, -0.2) is 28.4 Å². The molecule has 5 nitrogen and oxygen atoms in total. The SMILES string of the molecule is CC1(C)C[C@@H]2C[C@@](C)(CN2C=Nc2c(C#N)c(-c3ccccc3)c(-c3ccccc3)n2Cc2ccco2)C1. The van der Waals surface area contributed by atoms with E-state index >= 15 is 0 Å². The van der Waals surface area contributed by atoms with Gasteiger partial charge in [-0.1, -0.05) is 81.4 Å². The highest BCUT2D eigenvalue weighted by molar-refractivity contribution is 5.91. The third-order valence-corrected chi connectivity index (χ3v) is 8.14. The molecule has 2 atom stereocenters. The minimum atomic E-state index is 0.303. The molecule has 38 heavy (non-hydrogen) atoms. The first-order valence-electron chi connectivity index (χ1n) is 13.5. The minimum Gasteiger partial charge on any atom is -0.467 e. The van der Waals surface area contributed by atoms with Crippen LogP contribution in [0.5, 0.6) is 0 Å². The van der Waals surface area contributed by atoms with E-state index < -0.39 is 0 Å². The van der Waals surface area contributed by atoms with Crippen molar-refractivity contribution >= 4 is 12.2 Å². The third kappa shape index (κ3) is 4.45. The number of fused-ring (bicyclic) bond motifs is 2. The molecule has 2 fully saturated rings. The summed E-state index contributed by atoms with van der Waals surface area (Å²) in [5.41, 5.74) is 5.16. The fourth-order valence-corrected chi connectivity index (χ4v) is 7.11. The van der Waals surface area contributed by atoms with Crippen LogP contribution in [0.15, 0.2) is 88.5 Å². The van der Waals surface area contributed by atoms with E-state index in [-0.39, 0.29) is 0 Å². The van der Waals surface area contributed by atoms with Crippen LogP contribution in [0.1, 0.15) is 51.4 Å². The monoisotopic (exact) mass is 502 g/mol. The van der Waals surface area contributed by atoms with Gasteiger partial charge in [-0.3, -0.25) is 0 Å². The highest BCUT2D eigenvalue weighted by atomic mass is 16.3. The van der Waals surface area contributed by atoms with Gasteiger partial charge in [0.05, 0.1) is 24.8 Å². The number of hydrogen-bond donors (Lipinski definition) is 0. The Balaban J connectivity index is 1.53. The second-order valence-corrected chi connectivity index (χ2v) is 12.1. The molecule has 1 saturated carbocycles. The van der Waals surface area contributed by atoms with Gasteiger partial charge in [0, 0.05) is 18.2 Å². The predicted molar refractivity (Wildman–Crippen MR) is 152 cm³/mol. The molecule has 2 aromatic carbocycles. The van der Waals surface area contributed by atoms with Crippen LogP contribution in [0, 0.1) is 22.2 Å². The Morgan fingerprint density at radius 3 is 2.34 bits per heavy atom. The van der Waals surface area contributed by atoms with Crippen molar-refractivity contribution in [2.75, 3.05) is 6.54 Å². The molecule has 5 heteroatoms. The van der Waals surface area contributed by atoms with Gasteiger partial charge in [0.15, 0.2) is 5.82 Å². The van der Waals surface area contributed by atoms with Gasteiger partial charge >= 0.3 is 0 Å². The molecule has 0 radical (unpaired) electrons. The summed E-state index contributed by atoms with van der Waals surface area (Å²) >= 11 is 0. The summed E-state index contributed by atoms with van der Waals surface area (Å²) in [4.78, 5) is 7.53. The fourth-order valence-electron chi connectivity index (χ4n) is 7.11.